The van der Waals surface area contributed by atoms with Gasteiger partial charge < -0.3 is 9.80 Å². The first kappa shape index (κ1) is 26.0. The van der Waals surface area contributed by atoms with Gasteiger partial charge in [0.1, 0.15) is 17.1 Å². The van der Waals surface area contributed by atoms with Crippen molar-refractivity contribution in [1.29, 1.82) is 0 Å². The summed E-state index contributed by atoms with van der Waals surface area (Å²) in [6.45, 7) is 2.02. The molecule has 6 rings (SSSR count). The molecule has 0 atom stereocenters. The molecular formula is C26H28ClF3N8O. The number of piperidine rings is 1. The third-order valence-corrected chi connectivity index (χ3v) is 8.18. The van der Waals surface area contributed by atoms with Crippen LogP contribution in [0.1, 0.15) is 54.5 Å². The molecule has 206 valence electrons. The maximum atomic E-state index is 13.2. The predicted octanol–water partition coefficient (Wildman–Crippen LogP) is 4.05. The quantitative estimate of drug-likeness (QED) is 0.476. The zero-order valence-corrected chi connectivity index (χ0v) is 22.4. The van der Waals surface area contributed by atoms with E-state index in [1.165, 1.54) is 0 Å². The third kappa shape index (κ3) is 4.63. The van der Waals surface area contributed by atoms with Crippen LogP contribution < -0.4 is 4.90 Å². The first-order valence-corrected chi connectivity index (χ1v) is 13.3. The van der Waals surface area contributed by atoms with E-state index in [1.807, 2.05) is 18.2 Å². The molecule has 0 radical (unpaired) electrons. The molecule has 1 aromatic carbocycles. The van der Waals surface area contributed by atoms with Crippen LogP contribution in [0, 0.1) is 0 Å². The lowest BCUT2D eigenvalue weighted by molar-refractivity contribution is -0.141. The van der Waals surface area contributed by atoms with Crippen LogP contribution in [0.2, 0.25) is 5.02 Å². The number of alkyl halides is 3. The minimum absolute atomic E-state index is 0.0432. The molecule has 39 heavy (non-hydrogen) atoms. The van der Waals surface area contributed by atoms with Gasteiger partial charge in [-0.25, -0.2) is 9.97 Å². The fraction of sp³-hybridized carbons (Fsp3) is 0.500. The van der Waals surface area contributed by atoms with Crippen LogP contribution in [0.3, 0.4) is 0 Å². The summed E-state index contributed by atoms with van der Waals surface area (Å²) in [5, 5.41) is 9.80. The van der Waals surface area contributed by atoms with E-state index in [0.717, 1.165) is 48.0 Å². The third-order valence-electron chi connectivity index (χ3n) is 7.94. The standard InChI is InChI=1S/C26H28ClF3N8O/c1-35(2)23(39)25(8-9-25)37-14-17-13-18(27)3-4-19(17)38-21(15-37)33-34-22(38)16-6-11-36(12-7-16)24-31-10-5-20(32-24)26(28,29)30/h3-5,10,13,16H,6-9,11-12,14-15H2,1-2H3. The summed E-state index contributed by atoms with van der Waals surface area (Å²) in [5.41, 5.74) is 0.433. The van der Waals surface area contributed by atoms with Crippen molar-refractivity contribution in [3.8, 4) is 5.69 Å². The van der Waals surface area contributed by atoms with Gasteiger partial charge in [-0.1, -0.05) is 11.6 Å². The minimum atomic E-state index is -4.52. The van der Waals surface area contributed by atoms with Crippen molar-refractivity contribution in [2.45, 2.75) is 56.4 Å². The van der Waals surface area contributed by atoms with E-state index < -0.39 is 17.4 Å². The second-order valence-electron chi connectivity index (χ2n) is 10.7. The molecule has 1 aliphatic carbocycles. The van der Waals surface area contributed by atoms with Crippen molar-refractivity contribution in [3.05, 3.63) is 58.4 Å². The number of anilines is 1. The molecule has 0 bridgehead atoms. The number of halogens is 4. The molecule has 0 unspecified atom stereocenters. The molecule has 1 saturated heterocycles. The van der Waals surface area contributed by atoms with Gasteiger partial charge in [-0.3, -0.25) is 14.3 Å². The number of carbonyl (C=O) groups excluding carboxylic acids is 1. The van der Waals surface area contributed by atoms with Crippen LogP contribution >= 0.6 is 11.6 Å². The van der Waals surface area contributed by atoms with Gasteiger partial charge in [-0.15, -0.1) is 10.2 Å². The lowest BCUT2D eigenvalue weighted by Crippen LogP contribution is -2.48. The summed E-state index contributed by atoms with van der Waals surface area (Å²) in [6, 6.07) is 6.63. The van der Waals surface area contributed by atoms with E-state index in [4.69, 9.17) is 11.6 Å². The molecule has 9 nitrogen and oxygen atoms in total. The summed E-state index contributed by atoms with van der Waals surface area (Å²) in [4.78, 5) is 26.6. The highest BCUT2D eigenvalue weighted by Crippen LogP contribution is 2.46. The fourth-order valence-corrected chi connectivity index (χ4v) is 5.98. The summed E-state index contributed by atoms with van der Waals surface area (Å²) >= 11 is 6.40. The summed E-state index contributed by atoms with van der Waals surface area (Å²) in [7, 11) is 3.56. The van der Waals surface area contributed by atoms with Crippen LogP contribution in [0.4, 0.5) is 19.1 Å². The Morgan fingerprint density at radius 2 is 1.85 bits per heavy atom. The number of amides is 1. The molecule has 2 aromatic heterocycles. The Morgan fingerprint density at radius 1 is 1.10 bits per heavy atom. The van der Waals surface area contributed by atoms with Gasteiger partial charge >= 0.3 is 6.18 Å². The van der Waals surface area contributed by atoms with Gasteiger partial charge in [-0.2, -0.15) is 13.2 Å². The maximum Gasteiger partial charge on any atom is 0.433 e. The number of rotatable bonds is 4. The number of hydrogen-bond donors (Lipinski definition) is 0. The monoisotopic (exact) mass is 560 g/mol. The number of carbonyl (C=O) groups is 1. The maximum absolute atomic E-state index is 13.2. The van der Waals surface area contributed by atoms with Gasteiger partial charge in [-0.05, 0) is 55.5 Å². The molecule has 4 heterocycles. The average molecular weight is 561 g/mol. The van der Waals surface area contributed by atoms with Crippen molar-refractivity contribution in [3.63, 3.8) is 0 Å². The summed E-state index contributed by atoms with van der Waals surface area (Å²) < 4.78 is 41.5. The molecule has 1 amide bonds. The van der Waals surface area contributed by atoms with E-state index in [-0.39, 0.29) is 17.8 Å². The molecule has 2 aliphatic heterocycles. The highest BCUT2D eigenvalue weighted by atomic mass is 35.5. The first-order chi connectivity index (χ1) is 18.6. The Labute approximate surface area is 228 Å². The topological polar surface area (TPSA) is 83.3 Å². The predicted molar refractivity (Wildman–Crippen MR) is 137 cm³/mol. The normalized spacial score (nSPS) is 19.3. The SMILES string of the molecule is CN(C)C(=O)C1(N2Cc3cc(Cl)ccc3-n3c(nnc3C3CCN(c4nccc(C(F)(F)F)n4)CC3)C2)CC1. The molecular weight excluding hydrogens is 533 g/mol. The first-order valence-electron chi connectivity index (χ1n) is 12.9. The van der Waals surface area contributed by atoms with Gasteiger partial charge in [0.15, 0.2) is 5.82 Å². The van der Waals surface area contributed by atoms with E-state index in [1.54, 1.807) is 23.9 Å². The van der Waals surface area contributed by atoms with Crippen molar-refractivity contribution >= 4 is 23.5 Å². The highest BCUT2D eigenvalue weighted by molar-refractivity contribution is 6.30. The van der Waals surface area contributed by atoms with Crippen LogP contribution in [0.15, 0.2) is 30.5 Å². The molecule has 2 fully saturated rings. The highest BCUT2D eigenvalue weighted by Gasteiger charge is 2.56. The minimum Gasteiger partial charge on any atom is -0.347 e. The lowest BCUT2D eigenvalue weighted by Gasteiger charge is -2.32. The summed E-state index contributed by atoms with van der Waals surface area (Å²) in [5.74, 6) is 1.78. The molecule has 0 spiro atoms. The smallest absolute Gasteiger partial charge is 0.347 e. The number of hydrogen-bond acceptors (Lipinski definition) is 7. The molecule has 3 aromatic rings. The van der Waals surface area contributed by atoms with Crippen molar-refractivity contribution in [2.24, 2.45) is 0 Å². The van der Waals surface area contributed by atoms with Gasteiger partial charge in [0.2, 0.25) is 11.9 Å². The number of fused-ring (bicyclic) bond motifs is 3. The Hall–Kier alpha value is -3.25. The van der Waals surface area contributed by atoms with Gasteiger partial charge in [0, 0.05) is 50.9 Å². The number of nitrogens with zero attached hydrogens (tertiary/aromatic N) is 8. The zero-order valence-electron chi connectivity index (χ0n) is 21.6. The van der Waals surface area contributed by atoms with Gasteiger partial charge in [0.05, 0.1) is 12.2 Å². The van der Waals surface area contributed by atoms with E-state index >= 15 is 0 Å². The van der Waals surface area contributed by atoms with Crippen molar-refractivity contribution in [1.82, 2.24) is 34.5 Å². The fourth-order valence-electron chi connectivity index (χ4n) is 5.79. The largest absolute Gasteiger partial charge is 0.433 e. The van der Waals surface area contributed by atoms with Gasteiger partial charge in [0.25, 0.3) is 0 Å². The Bertz CT molecular complexity index is 1410. The second kappa shape index (κ2) is 9.44. The Balaban J connectivity index is 1.29. The van der Waals surface area contributed by atoms with Crippen LogP contribution in [0.5, 0.6) is 0 Å². The van der Waals surface area contributed by atoms with Crippen LogP contribution in [-0.4, -0.2) is 73.2 Å². The average Bonchev–Trinajstić information content (AvgIpc) is 3.65. The number of benzene rings is 1. The Kier molecular flexibility index (Phi) is 6.29. The Morgan fingerprint density at radius 3 is 2.51 bits per heavy atom. The number of aromatic nitrogens is 5. The van der Waals surface area contributed by atoms with E-state index in [0.29, 0.717) is 44.0 Å². The zero-order chi connectivity index (χ0) is 27.5. The van der Waals surface area contributed by atoms with Crippen molar-refractivity contribution < 1.29 is 18.0 Å². The molecule has 0 N–H and O–H groups in total. The summed E-state index contributed by atoms with van der Waals surface area (Å²) in [6.07, 6.45) is -0.471. The molecule has 1 saturated carbocycles. The second-order valence-corrected chi connectivity index (χ2v) is 11.1. The number of likely N-dealkylation sites (N-methyl/N-ethyl adjacent to an activating group) is 1. The lowest BCUT2D eigenvalue weighted by atomic mass is 9.95. The van der Waals surface area contributed by atoms with Crippen molar-refractivity contribution in [2.75, 3.05) is 32.1 Å². The molecule has 13 heteroatoms. The van der Waals surface area contributed by atoms with E-state index in [2.05, 4.69) is 29.6 Å². The van der Waals surface area contributed by atoms with E-state index in [9.17, 15) is 18.0 Å². The van der Waals surface area contributed by atoms with Crippen LogP contribution in [0.25, 0.3) is 5.69 Å². The molecule has 3 aliphatic rings. The van der Waals surface area contributed by atoms with Crippen LogP contribution in [-0.2, 0) is 24.1 Å².